The van der Waals surface area contributed by atoms with Crippen molar-refractivity contribution in [3.63, 3.8) is 0 Å². The molecule has 0 amide bonds. The van der Waals surface area contributed by atoms with Crippen molar-refractivity contribution in [2.45, 2.75) is 136 Å². The average molecular weight is 697 g/mol. The van der Waals surface area contributed by atoms with Gasteiger partial charge in [-0.15, -0.1) is 0 Å². The Hall–Kier alpha value is -3.93. The first kappa shape index (κ1) is 39.8. The molecule has 6 nitrogen and oxygen atoms in total. The van der Waals surface area contributed by atoms with E-state index in [9.17, 15) is 14.4 Å². The van der Waals surface area contributed by atoms with Gasteiger partial charge in [0, 0.05) is 0 Å². The molecule has 0 atom stereocenters. The first-order chi connectivity index (χ1) is 25.0. The molecule has 0 N–H and O–H groups in total. The zero-order valence-electron chi connectivity index (χ0n) is 31.5. The molecule has 0 aliphatic rings. The van der Waals surface area contributed by atoms with Gasteiger partial charge in [-0.2, -0.15) is 0 Å². The van der Waals surface area contributed by atoms with E-state index in [1.807, 2.05) is 36.4 Å². The molecule has 0 spiro atoms. The number of carbonyl (C=O) groups is 3. The fourth-order valence-corrected chi connectivity index (χ4v) is 6.78. The maximum absolute atomic E-state index is 13.2. The van der Waals surface area contributed by atoms with E-state index in [0.717, 1.165) is 90.1 Å². The van der Waals surface area contributed by atoms with E-state index in [4.69, 9.17) is 14.2 Å². The summed E-state index contributed by atoms with van der Waals surface area (Å²) >= 11 is 0. The van der Waals surface area contributed by atoms with Gasteiger partial charge in [-0.1, -0.05) is 135 Å². The van der Waals surface area contributed by atoms with Crippen LogP contribution in [-0.2, 0) is 14.2 Å². The Morgan fingerprint density at radius 1 is 0.353 bits per heavy atom. The summed E-state index contributed by atoms with van der Waals surface area (Å²) in [4.78, 5) is 39.5. The van der Waals surface area contributed by atoms with Crippen LogP contribution in [0.5, 0.6) is 0 Å². The Bertz CT molecular complexity index is 1480. The summed E-state index contributed by atoms with van der Waals surface area (Å²) in [5, 5.41) is 5.31. The number of fused-ring (bicyclic) bond motifs is 6. The third kappa shape index (κ3) is 12.1. The second-order valence-electron chi connectivity index (χ2n) is 14.0. The van der Waals surface area contributed by atoms with Crippen LogP contribution in [0.1, 0.15) is 167 Å². The van der Waals surface area contributed by atoms with Gasteiger partial charge in [-0.05, 0) is 88.0 Å². The topological polar surface area (TPSA) is 78.9 Å². The largest absolute Gasteiger partial charge is 0.462 e. The number of hydrogen-bond donors (Lipinski definition) is 0. The van der Waals surface area contributed by atoms with Crippen molar-refractivity contribution in [1.29, 1.82) is 0 Å². The molecular weight excluding hydrogens is 636 g/mol. The number of rotatable bonds is 24. The Morgan fingerprint density at radius 2 is 0.608 bits per heavy atom. The van der Waals surface area contributed by atoms with Gasteiger partial charge in [0.05, 0.1) is 36.5 Å². The molecule has 276 valence electrons. The van der Waals surface area contributed by atoms with Crippen molar-refractivity contribution in [3.8, 4) is 0 Å². The minimum atomic E-state index is -0.347. The van der Waals surface area contributed by atoms with Crippen LogP contribution in [0.4, 0.5) is 0 Å². The molecular formula is C45H60O6. The molecule has 51 heavy (non-hydrogen) atoms. The molecule has 0 unspecified atom stereocenters. The van der Waals surface area contributed by atoms with Gasteiger partial charge >= 0.3 is 17.9 Å². The van der Waals surface area contributed by atoms with Crippen molar-refractivity contribution in [1.82, 2.24) is 0 Å². The predicted octanol–water partition coefficient (Wildman–Crippen LogP) is 12.7. The highest BCUT2D eigenvalue weighted by Crippen LogP contribution is 2.37. The summed E-state index contributed by atoms with van der Waals surface area (Å²) < 4.78 is 17.0. The minimum absolute atomic E-state index is 0.347. The van der Waals surface area contributed by atoms with Crippen LogP contribution in [-0.4, -0.2) is 37.7 Å². The first-order valence-corrected chi connectivity index (χ1v) is 19.9. The van der Waals surface area contributed by atoms with Crippen molar-refractivity contribution in [2.24, 2.45) is 0 Å². The van der Waals surface area contributed by atoms with Gasteiger partial charge in [0.1, 0.15) is 0 Å². The second-order valence-corrected chi connectivity index (χ2v) is 14.0. The maximum atomic E-state index is 13.2. The fraction of sp³-hybridized carbons (Fsp3) is 0.533. The molecule has 4 rings (SSSR count). The zero-order chi connectivity index (χ0) is 36.3. The number of ether oxygens (including phenoxy) is 3. The quantitative estimate of drug-likeness (QED) is 0.0314. The lowest BCUT2D eigenvalue weighted by atomic mass is 9.91. The van der Waals surface area contributed by atoms with E-state index in [-0.39, 0.29) is 17.9 Å². The summed E-state index contributed by atoms with van der Waals surface area (Å²) in [7, 11) is 0. The van der Waals surface area contributed by atoms with E-state index in [1.165, 1.54) is 57.8 Å². The lowest BCUT2D eigenvalue weighted by Crippen LogP contribution is -2.08. The molecule has 0 aromatic heterocycles. The SMILES string of the molecule is CCCCCCCCOC(=O)c1ccc2c(c1)c1ccc(C(=O)OCCCCCCCC)cc1c1ccc(C(=O)OCCCCCCCC)cc21. The number of esters is 3. The Morgan fingerprint density at radius 3 is 0.882 bits per heavy atom. The normalized spacial score (nSPS) is 11.4. The van der Waals surface area contributed by atoms with Gasteiger partial charge in [0.15, 0.2) is 0 Å². The van der Waals surface area contributed by atoms with E-state index in [1.54, 1.807) is 18.2 Å². The lowest BCUT2D eigenvalue weighted by molar-refractivity contribution is 0.0488. The molecule has 0 saturated heterocycles. The fourth-order valence-electron chi connectivity index (χ4n) is 6.78. The molecule has 0 fully saturated rings. The van der Waals surface area contributed by atoms with Gasteiger partial charge < -0.3 is 14.2 Å². The highest BCUT2D eigenvalue weighted by Gasteiger charge is 2.17. The Labute approximate surface area is 305 Å². The summed E-state index contributed by atoms with van der Waals surface area (Å²) in [6, 6.07) is 16.8. The third-order valence-electron chi connectivity index (χ3n) is 9.83. The number of benzene rings is 4. The molecule has 0 bridgehead atoms. The number of unbranched alkanes of at least 4 members (excludes halogenated alkanes) is 15. The molecule has 6 heteroatoms. The lowest BCUT2D eigenvalue weighted by Gasteiger charge is -2.14. The van der Waals surface area contributed by atoms with Crippen LogP contribution < -0.4 is 0 Å². The highest BCUT2D eigenvalue weighted by atomic mass is 16.5. The standard InChI is InChI=1S/C45H60O6/c1-4-7-10-13-16-19-28-49-43(46)34-22-25-37-40(31-34)38-26-23-35(44(47)50-29-20-17-14-11-8-5-2)33-42(38)39-27-24-36(32-41(37)39)45(48)51-30-21-18-15-12-9-6-3/h22-27,31-33H,4-21,28-30H2,1-3H3. The summed E-state index contributed by atoms with van der Waals surface area (Å²) in [5.74, 6) is -1.04. The highest BCUT2D eigenvalue weighted by molar-refractivity contribution is 6.27. The average Bonchev–Trinajstić information content (AvgIpc) is 3.16. The smallest absolute Gasteiger partial charge is 0.338 e. The van der Waals surface area contributed by atoms with Crippen molar-refractivity contribution < 1.29 is 28.6 Å². The monoisotopic (exact) mass is 696 g/mol. The van der Waals surface area contributed by atoms with Crippen LogP contribution in [0.2, 0.25) is 0 Å². The molecule has 4 aromatic rings. The molecule has 0 saturated carbocycles. The van der Waals surface area contributed by atoms with Crippen LogP contribution in [0.15, 0.2) is 54.6 Å². The van der Waals surface area contributed by atoms with E-state index in [0.29, 0.717) is 36.5 Å². The second kappa shape index (κ2) is 22.1. The van der Waals surface area contributed by atoms with Gasteiger partial charge in [0.2, 0.25) is 0 Å². The van der Waals surface area contributed by atoms with Gasteiger partial charge in [-0.3, -0.25) is 0 Å². The maximum Gasteiger partial charge on any atom is 0.338 e. The Kier molecular flexibility index (Phi) is 17.3. The van der Waals surface area contributed by atoms with Gasteiger partial charge in [0.25, 0.3) is 0 Å². The minimum Gasteiger partial charge on any atom is -0.462 e. The van der Waals surface area contributed by atoms with Crippen molar-refractivity contribution in [3.05, 3.63) is 71.3 Å². The molecule has 0 radical (unpaired) electrons. The van der Waals surface area contributed by atoms with E-state index in [2.05, 4.69) is 20.8 Å². The van der Waals surface area contributed by atoms with Crippen molar-refractivity contribution in [2.75, 3.05) is 19.8 Å². The summed E-state index contributed by atoms with van der Waals surface area (Å²) in [6.45, 7) is 7.80. The number of hydrogen-bond acceptors (Lipinski definition) is 6. The Balaban J connectivity index is 1.59. The van der Waals surface area contributed by atoms with Crippen LogP contribution >= 0.6 is 0 Å². The van der Waals surface area contributed by atoms with Gasteiger partial charge in [-0.25, -0.2) is 14.4 Å². The summed E-state index contributed by atoms with van der Waals surface area (Å²) in [5.41, 5.74) is 1.43. The van der Waals surface area contributed by atoms with E-state index < -0.39 is 0 Å². The van der Waals surface area contributed by atoms with Crippen LogP contribution in [0.3, 0.4) is 0 Å². The molecule has 0 heterocycles. The summed E-state index contributed by atoms with van der Waals surface area (Å²) in [6.07, 6.45) is 20.2. The first-order valence-electron chi connectivity index (χ1n) is 19.9. The van der Waals surface area contributed by atoms with E-state index >= 15 is 0 Å². The number of carbonyl (C=O) groups excluding carboxylic acids is 3. The van der Waals surface area contributed by atoms with Crippen molar-refractivity contribution >= 4 is 50.2 Å². The van der Waals surface area contributed by atoms with Crippen LogP contribution in [0, 0.1) is 0 Å². The predicted molar refractivity (Wildman–Crippen MR) is 210 cm³/mol. The zero-order valence-corrected chi connectivity index (χ0v) is 31.5. The molecule has 0 aliphatic heterocycles. The van der Waals surface area contributed by atoms with Crippen LogP contribution in [0.25, 0.3) is 32.3 Å². The molecule has 0 aliphatic carbocycles. The molecule has 4 aromatic carbocycles. The third-order valence-corrected chi connectivity index (χ3v) is 9.83.